The Labute approximate surface area is 135 Å². The van der Waals surface area contributed by atoms with E-state index in [0.717, 1.165) is 11.0 Å². The van der Waals surface area contributed by atoms with Crippen molar-refractivity contribution < 1.29 is 9.90 Å². The number of carbonyl (C=O) groups is 1. The fourth-order valence-corrected chi connectivity index (χ4v) is 2.45. The molecule has 23 heavy (non-hydrogen) atoms. The van der Waals surface area contributed by atoms with Crippen molar-refractivity contribution in [2.45, 2.75) is 46.9 Å². The number of aryl methyl sites for hydroxylation is 1. The topological polar surface area (TPSA) is 76.3 Å². The fraction of sp³-hybridized carbons (Fsp3) is 0.529. The van der Waals surface area contributed by atoms with E-state index in [1.165, 1.54) is 4.57 Å². The van der Waals surface area contributed by atoms with Gasteiger partial charge in [-0.05, 0) is 24.5 Å². The summed E-state index contributed by atoms with van der Waals surface area (Å²) in [5.74, 6) is -0.283. The van der Waals surface area contributed by atoms with E-state index in [0.29, 0.717) is 6.54 Å². The number of aliphatic hydroxyl groups is 1. The van der Waals surface area contributed by atoms with E-state index in [1.807, 2.05) is 52.0 Å². The van der Waals surface area contributed by atoms with Crippen molar-refractivity contribution in [3.8, 4) is 0 Å². The monoisotopic (exact) mass is 319 g/mol. The third-order valence-corrected chi connectivity index (χ3v) is 4.04. The summed E-state index contributed by atoms with van der Waals surface area (Å²) in [4.78, 5) is 24.6. The van der Waals surface area contributed by atoms with Crippen LogP contribution >= 0.6 is 0 Å². The molecule has 1 atom stereocenters. The van der Waals surface area contributed by atoms with E-state index in [-0.39, 0.29) is 30.1 Å². The van der Waals surface area contributed by atoms with Crippen LogP contribution in [-0.4, -0.2) is 32.8 Å². The van der Waals surface area contributed by atoms with Gasteiger partial charge in [-0.3, -0.25) is 13.9 Å². The molecule has 2 aromatic rings. The quantitative estimate of drug-likeness (QED) is 0.873. The summed E-state index contributed by atoms with van der Waals surface area (Å²) in [7, 11) is 0. The zero-order valence-electron chi connectivity index (χ0n) is 14.2. The van der Waals surface area contributed by atoms with Gasteiger partial charge in [0.1, 0.15) is 6.54 Å². The van der Waals surface area contributed by atoms with Crippen molar-refractivity contribution in [1.29, 1.82) is 0 Å². The van der Waals surface area contributed by atoms with E-state index in [9.17, 15) is 14.7 Å². The van der Waals surface area contributed by atoms with Gasteiger partial charge in [-0.2, -0.15) is 0 Å². The third kappa shape index (κ3) is 3.64. The summed E-state index contributed by atoms with van der Waals surface area (Å²) in [5, 5.41) is 12.7. The Kier molecular flexibility index (Phi) is 4.94. The largest absolute Gasteiger partial charge is 0.391 e. The second-order valence-corrected chi connectivity index (χ2v) is 6.79. The molecule has 1 heterocycles. The highest BCUT2D eigenvalue weighted by Gasteiger charge is 2.22. The smallest absolute Gasteiger partial charge is 0.329 e. The van der Waals surface area contributed by atoms with Crippen molar-refractivity contribution in [3.05, 3.63) is 34.7 Å². The molecule has 6 heteroatoms. The first-order valence-corrected chi connectivity index (χ1v) is 7.88. The molecular weight excluding hydrogens is 294 g/mol. The van der Waals surface area contributed by atoms with Gasteiger partial charge >= 0.3 is 5.69 Å². The Morgan fingerprint density at radius 3 is 2.30 bits per heavy atom. The van der Waals surface area contributed by atoms with E-state index >= 15 is 0 Å². The molecule has 126 valence electrons. The lowest BCUT2D eigenvalue weighted by molar-refractivity contribution is -0.122. The Bertz CT molecular complexity index is 753. The summed E-state index contributed by atoms with van der Waals surface area (Å²) < 4.78 is 3.12. The average Bonchev–Trinajstić information content (AvgIpc) is 2.76. The molecule has 0 spiro atoms. The minimum atomic E-state index is -0.639. The number of imidazole rings is 1. The van der Waals surface area contributed by atoms with Crippen molar-refractivity contribution in [2.75, 3.05) is 6.54 Å². The first kappa shape index (κ1) is 17.3. The van der Waals surface area contributed by atoms with Crippen LogP contribution in [0, 0.1) is 5.41 Å². The third-order valence-electron chi connectivity index (χ3n) is 4.04. The molecule has 0 saturated carbocycles. The Balaban J connectivity index is 2.18. The zero-order chi connectivity index (χ0) is 17.2. The van der Waals surface area contributed by atoms with Crippen LogP contribution in [0.1, 0.15) is 27.7 Å². The van der Waals surface area contributed by atoms with Crippen LogP contribution < -0.4 is 11.0 Å². The number of nitrogens with zero attached hydrogens (tertiary/aromatic N) is 2. The summed E-state index contributed by atoms with van der Waals surface area (Å²) in [6, 6.07) is 7.43. The van der Waals surface area contributed by atoms with E-state index < -0.39 is 6.10 Å². The van der Waals surface area contributed by atoms with Crippen LogP contribution in [0.2, 0.25) is 0 Å². The van der Waals surface area contributed by atoms with Gasteiger partial charge in [0.15, 0.2) is 0 Å². The molecule has 0 aliphatic carbocycles. The van der Waals surface area contributed by atoms with E-state index in [4.69, 9.17) is 0 Å². The van der Waals surface area contributed by atoms with Crippen LogP contribution in [0.15, 0.2) is 29.1 Å². The first-order valence-electron chi connectivity index (χ1n) is 7.88. The number of nitrogens with one attached hydrogen (secondary N) is 1. The standard InChI is InChI=1S/C17H25N3O3/c1-5-19-12-8-6-7-9-13(12)20(16(19)23)11-15(22)18-10-14(21)17(2,3)4/h6-9,14,21H,5,10-11H2,1-4H3,(H,18,22). The second kappa shape index (κ2) is 6.58. The number of carbonyl (C=O) groups excluding carboxylic acids is 1. The highest BCUT2D eigenvalue weighted by Crippen LogP contribution is 2.18. The highest BCUT2D eigenvalue weighted by molar-refractivity contribution is 5.80. The SMILES string of the molecule is CCn1c(=O)n(CC(=O)NCC(O)C(C)(C)C)c2ccccc21. The molecule has 1 amide bonds. The number of benzene rings is 1. The average molecular weight is 319 g/mol. The lowest BCUT2D eigenvalue weighted by Gasteiger charge is -2.25. The van der Waals surface area contributed by atoms with Gasteiger partial charge in [0, 0.05) is 13.1 Å². The number of aromatic nitrogens is 2. The van der Waals surface area contributed by atoms with Crippen LogP contribution in [0.25, 0.3) is 11.0 Å². The first-order chi connectivity index (χ1) is 10.8. The van der Waals surface area contributed by atoms with E-state index in [2.05, 4.69) is 5.32 Å². The van der Waals surface area contributed by atoms with Crippen molar-refractivity contribution in [3.63, 3.8) is 0 Å². The predicted molar refractivity (Wildman–Crippen MR) is 90.3 cm³/mol. The Morgan fingerprint density at radius 2 is 1.78 bits per heavy atom. The lowest BCUT2D eigenvalue weighted by Crippen LogP contribution is -2.41. The number of hydrogen-bond acceptors (Lipinski definition) is 3. The molecule has 6 nitrogen and oxygen atoms in total. The molecule has 0 bridgehead atoms. The van der Waals surface area contributed by atoms with Gasteiger partial charge in [-0.25, -0.2) is 4.79 Å². The normalized spacial score (nSPS) is 13.3. The summed E-state index contributed by atoms with van der Waals surface area (Å²) in [6.45, 7) is 8.29. The van der Waals surface area contributed by atoms with Gasteiger partial charge in [0.05, 0.1) is 17.1 Å². The van der Waals surface area contributed by atoms with Crippen LogP contribution in [0.3, 0.4) is 0 Å². The molecule has 0 radical (unpaired) electrons. The Hall–Kier alpha value is -2.08. The van der Waals surface area contributed by atoms with Crippen molar-refractivity contribution in [1.82, 2.24) is 14.5 Å². The maximum atomic E-state index is 12.4. The van der Waals surface area contributed by atoms with Crippen LogP contribution in [0.5, 0.6) is 0 Å². The molecule has 0 aliphatic rings. The van der Waals surface area contributed by atoms with Gasteiger partial charge < -0.3 is 10.4 Å². The molecule has 1 unspecified atom stereocenters. The summed E-state index contributed by atoms with van der Waals surface area (Å²) in [6.07, 6.45) is -0.639. The van der Waals surface area contributed by atoms with Crippen molar-refractivity contribution in [2.24, 2.45) is 5.41 Å². The second-order valence-electron chi connectivity index (χ2n) is 6.79. The number of aliphatic hydroxyl groups excluding tert-OH is 1. The maximum Gasteiger partial charge on any atom is 0.329 e. The summed E-state index contributed by atoms with van der Waals surface area (Å²) in [5.41, 5.74) is 1.07. The molecule has 2 N–H and O–H groups in total. The molecule has 0 aliphatic heterocycles. The molecule has 1 aromatic heterocycles. The molecule has 1 aromatic carbocycles. The number of hydrogen-bond donors (Lipinski definition) is 2. The van der Waals surface area contributed by atoms with Gasteiger partial charge in [-0.15, -0.1) is 0 Å². The number of amides is 1. The molecule has 2 rings (SSSR count). The van der Waals surface area contributed by atoms with Gasteiger partial charge in [0.25, 0.3) is 0 Å². The summed E-state index contributed by atoms with van der Waals surface area (Å²) >= 11 is 0. The number of rotatable bonds is 5. The maximum absolute atomic E-state index is 12.4. The van der Waals surface area contributed by atoms with E-state index in [1.54, 1.807) is 4.57 Å². The lowest BCUT2D eigenvalue weighted by atomic mass is 9.89. The fourth-order valence-electron chi connectivity index (χ4n) is 2.45. The van der Waals surface area contributed by atoms with Crippen LogP contribution in [0.4, 0.5) is 0 Å². The molecule has 0 fully saturated rings. The molecular formula is C17H25N3O3. The predicted octanol–water partition coefficient (Wildman–Crippen LogP) is 1.35. The number of fused-ring (bicyclic) bond motifs is 1. The van der Waals surface area contributed by atoms with Crippen molar-refractivity contribution >= 4 is 16.9 Å². The van der Waals surface area contributed by atoms with Gasteiger partial charge in [0.2, 0.25) is 5.91 Å². The Morgan fingerprint density at radius 1 is 1.22 bits per heavy atom. The molecule has 0 saturated heterocycles. The van der Waals surface area contributed by atoms with Gasteiger partial charge in [-0.1, -0.05) is 32.9 Å². The minimum absolute atomic E-state index is 0.0524. The zero-order valence-corrected chi connectivity index (χ0v) is 14.2. The highest BCUT2D eigenvalue weighted by atomic mass is 16.3. The number of para-hydroxylation sites is 2. The minimum Gasteiger partial charge on any atom is -0.391 e. The van der Waals surface area contributed by atoms with Crippen LogP contribution in [-0.2, 0) is 17.9 Å².